The van der Waals surface area contributed by atoms with E-state index in [1.54, 1.807) is 73.2 Å². The second kappa shape index (κ2) is 36.5. The number of halogens is 4. The molecule has 568 valence electrons. The number of amides is 6. The van der Waals surface area contributed by atoms with Crippen molar-refractivity contribution in [3.05, 3.63) is 204 Å². The number of methoxy groups -OCH3 is 6. The fourth-order valence-electron chi connectivity index (χ4n) is 12.2. The Morgan fingerprint density at radius 2 is 0.936 bits per heavy atom. The highest BCUT2D eigenvalue weighted by molar-refractivity contribution is 6.40. The van der Waals surface area contributed by atoms with Gasteiger partial charge in [0.05, 0.1) is 71.1 Å². The van der Waals surface area contributed by atoms with Crippen molar-refractivity contribution in [3.63, 3.8) is 0 Å². The van der Waals surface area contributed by atoms with Crippen molar-refractivity contribution in [1.82, 2.24) is 35.5 Å². The summed E-state index contributed by atoms with van der Waals surface area (Å²) < 4.78 is 92.2. The van der Waals surface area contributed by atoms with Crippen LogP contribution in [0.2, 0.25) is 5.02 Å². The van der Waals surface area contributed by atoms with Crippen molar-refractivity contribution >= 4 is 103 Å². The first-order valence-electron chi connectivity index (χ1n) is 34.3. The molecule has 1 aliphatic heterocycles. The predicted molar refractivity (Wildman–Crippen MR) is 406 cm³/mol. The molecule has 0 saturated carbocycles. The van der Waals surface area contributed by atoms with E-state index in [2.05, 4.69) is 69.9 Å². The fraction of sp³-hybridized carbons (Fsp3) is 0.225. The number of nitrogens with zero attached hydrogens (tertiary/aromatic N) is 5. The highest BCUT2D eigenvalue weighted by atomic mass is 35.5. The Balaban J connectivity index is 0.000000164. The van der Waals surface area contributed by atoms with E-state index in [9.17, 15) is 41.9 Å². The molecule has 6 N–H and O–H groups in total. The summed E-state index contributed by atoms with van der Waals surface area (Å²) in [6.45, 7) is 1.45. The number of hydrogen-bond donors (Lipinski definition) is 6. The van der Waals surface area contributed by atoms with Crippen LogP contribution in [-0.4, -0.2) is 135 Å². The summed E-state index contributed by atoms with van der Waals surface area (Å²) in [5, 5.41) is 17.3. The lowest BCUT2D eigenvalue weighted by molar-refractivity contribution is -0.136. The standard InChI is InChI=1S/C29H26FN3O5.C26H29FN4O5.C25H20ClFN4O5/c1-36-26-15-21-23(16-27(26)37-2)31-12-11-24(21)38-25-10-9-20(14-22(25)30)33-29(35)28(34)32-19-8-7-17-5-3-4-6-18(17)13-19;1-31-12-4-5-17(31)8-10-29-25(32)26(33)30-16-6-7-22(19(27)13-16)36-21-9-11-28-20-15-24(35-3)23(34-2)14-18(20)21;1-34-21-10-17-19(11-22(21)35-2)28-8-7-20(17)36-25-18(26)9-16(13-29-25)31-24(33)12-23(32)30-15-5-3-14(27)4-6-15/h3-6,9-12,14-16,19H,7-8,13H2,1-2H3,(H,32,34)(H,33,35);6-7,9,11,13-15,17H,4-5,8,10,12H2,1-3H3,(H,29,32)(H,30,33);3-11,13H,12H2,1-2H3,(H,30,32)(H,31,33). The molecule has 2 aliphatic rings. The number of aromatic nitrogens is 4. The summed E-state index contributed by atoms with van der Waals surface area (Å²) in [4.78, 5) is 93.0. The number of pyridine rings is 4. The minimum absolute atomic E-state index is 0.0552. The molecule has 1 fully saturated rings. The average Bonchev–Trinajstić information content (AvgIpc) is 0.902. The highest BCUT2D eigenvalue weighted by Gasteiger charge is 2.26. The first kappa shape index (κ1) is 78.1. The normalized spacial score (nSPS) is 13.5. The summed E-state index contributed by atoms with van der Waals surface area (Å²) in [6.07, 6.45) is 10.8. The maximum Gasteiger partial charge on any atom is 0.313 e. The molecule has 0 radical (unpaired) electrons. The van der Waals surface area contributed by atoms with Gasteiger partial charge in [-0.2, -0.15) is 0 Å². The van der Waals surface area contributed by atoms with Gasteiger partial charge < -0.3 is 79.4 Å². The molecule has 1 aliphatic carbocycles. The molecule has 1 saturated heterocycles. The number of fused-ring (bicyclic) bond motifs is 4. The van der Waals surface area contributed by atoms with Gasteiger partial charge in [0.15, 0.2) is 57.6 Å². The van der Waals surface area contributed by atoms with Crippen LogP contribution in [0.4, 0.5) is 35.9 Å². The quantitative estimate of drug-likeness (QED) is 0.0271. The zero-order valence-corrected chi connectivity index (χ0v) is 61.3. The molecule has 13 rings (SSSR count). The number of carbonyl (C=O) groups is 6. The summed E-state index contributed by atoms with van der Waals surface area (Å²) in [7, 11) is 11.2. The molecule has 30 heteroatoms. The third-order valence-corrected chi connectivity index (χ3v) is 18.0. The Labute approximate surface area is 633 Å². The molecule has 11 aromatic rings. The van der Waals surface area contributed by atoms with Gasteiger partial charge in [0, 0.05) is 101 Å². The molecule has 2 atom stereocenters. The summed E-state index contributed by atoms with van der Waals surface area (Å²) >= 11 is 6.34. The molecule has 2 unspecified atom stereocenters. The summed E-state index contributed by atoms with van der Waals surface area (Å²) in [5.74, 6) is -2.08. The maximum atomic E-state index is 14.9. The Morgan fingerprint density at radius 1 is 0.473 bits per heavy atom. The van der Waals surface area contributed by atoms with Crippen molar-refractivity contribution in [2.75, 3.05) is 84.1 Å². The SMILES string of the molecule is COc1cc2nccc(Oc3ccc(NC(=O)C(=O)NC4CCc5ccccc5C4)cc3F)c2cc1OC.COc1cc2nccc(Oc3ccc(NC(=O)C(=O)NCCC4CCCN4C)cc3F)c2cc1OC.COc1cc2nccc(Oc3ncc(NC(=O)CC(=O)Nc4ccc(F)cc4)cc3Cl)c2cc1OC. The number of ether oxygens (including phenoxy) is 9. The van der Waals surface area contributed by atoms with Crippen molar-refractivity contribution in [2.24, 2.45) is 0 Å². The number of rotatable bonds is 22. The number of carbonyl (C=O) groups excluding carboxylic acids is 6. The van der Waals surface area contributed by atoms with E-state index in [4.69, 9.17) is 54.2 Å². The van der Waals surface area contributed by atoms with Crippen molar-refractivity contribution < 1.29 is 84.6 Å². The van der Waals surface area contributed by atoms with Gasteiger partial charge in [0.1, 0.15) is 34.5 Å². The third-order valence-electron chi connectivity index (χ3n) is 17.7. The van der Waals surface area contributed by atoms with Crippen LogP contribution in [-0.2, 0) is 41.6 Å². The average molecular weight is 1520 g/mol. The third kappa shape index (κ3) is 19.8. The second-order valence-corrected chi connectivity index (χ2v) is 25.3. The molecule has 5 heterocycles. The molecule has 26 nitrogen and oxygen atoms in total. The zero-order chi connectivity index (χ0) is 78.0. The number of aryl methyl sites for hydroxylation is 1. The van der Waals surface area contributed by atoms with Gasteiger partial charge in [-0.15, -0.1) is 0 Å². The fourth-order valence-corrected chi connectivity index (χ4v) is 12.4. The Hall–Kier alpha value is -13.0. The van der Waals surface area contributed by atoms with Crippen LogP contribution in [0.5, 0.6) is 69.1 Å². The molecular weight excluding hydrogens is 1450 g/mol. The lowest BCUT2D eigenvalue weighted by Crippen LogP contribution is -2.44. The largest absolute Gasteiger partial charge is 0.493 e. The van der Waals surface area contributed by atoms with E-state index in [0.29, 0.717) is 109 Å². The first-order valence-corrected chi connectivity index (χ1v) is 34.7. The molecule has 7 aromatic carbocycles. The molecule has 0 spiro atoms. The van der Waals surface area contributed by atoms with E-state index >= 15 is 0 Å². The topological polar surface area (TPSA) is 312 Å². The van der Waals surface area contributed by atoms with E-state index in [-0.39, 0.29) is 45.5 Å². The first-order chi connectivity index (χ1) is 53.2. The highest BCUT2D eigenvalue weighted by Crippen LogP contribution is 2.42. The van der Waals surface area contributed by atoms with Crippen LogP contribution in [0.1, 0.15) is 43.2 Å². The zero-order valence-electron chi connectivity index (χ0n) is 60.6. The van der Waals surface area contributed by atoms with Crippen LogP contribution in [0.15, 0.2) is 170 Å². The van der Waals surface area contributed by atoms with Crippen LogP contribution in [0.3, 0.4) is 0 Å². The number of nitrogens with one attached hydrogen (secondary N) is 6. The van der Waals surface area contributed by atoms with Crippen LogP contribution in [0.25, 0.3) is 32.7 Å². The van der Waals surface area contributed by atoms with Crippen molar-refractivity contribution in [3.8, 4) is 69.1 Å². The van der Waals surface area contributed by atoms with Gasteiger partial charge in [-0.05, 0) is 154 Å². The number of hydrogen-bond acceptors (Lipinski definition) is 20. The van der Waals surface area contributed by atoms with Gasteiger partial charge >= 0.3 is 23.6 Å². The van der Waals surface area contributed by atoms with Crippen molar-refractivity contribution in [1.29, 1.82) is 0 Å². The minimum Gasteiger partial charge on any atom is -0.493 e. The van der Waals surface area contributed by atoms with Crippen LogP contribution in [0, 0.1) is 17.5 Å². The smallest absolute Gasteiger partial charge is 0.313 e. The van der Waals surface area contributed by atoms with E-state index < -0.39 is 59.3 Å². The molecular formula is C80H75ClF3N11O15. The van der Waals surface area contributed by atoms with Gasteiger partial charge in [-0.25, -0.2) is 18.2 Å². The molecule has 4 aromatic heterocycles. The lowest BCUT2D eigenvalue weighted by atomic mass is 9.88. The van der Waals surface area contributed by atoms with Crippen molar-refractivity contribution in [2.45, 2.75) is 57.0 Å². The van der Waals surface area contributed by atoms with E-state index in [1.165, 1.54) is 115 Å². The Morgan fingerprint density at radius 3 is 1.41 bits per heavy atom. The van der Waals surface area contributed by atoms with Gasteiger partial charge in [0.2, 0.25) is 17.7 Å². The van der Waals surface area contributed by atoms with E-state index in [0.717, 1.165) is 50.8 Å². The molecule has 6 amide bonds. The van der Waals surface area contributed by atoms with Gasteiger partial charge in [-0.3, -0.25) is 43.7 Å². The van der Waals surface area contributed by atoms with Crippen LogP contribution < -0.4 is 74.5 Å². The number of anilines is 4. The number of benzene rings is 7. The summed E-state index contributed by atoms with van der Waals surface area (Å²) in [6, 6.07) is 38.0. The monoisotopic (exact) mass is 1520 g/mol. The van der Waals surface area contributed by atoms with Crippen LogP contribution >= 0.6 is 11.6 Å². The maximum absolute atomic E-state index is 14.9. The Bertz CT molecular complexity index is 5240. The number of likely N-dealkylation sites (tertiary alicyclic amines) is 1. The molecule has 110 heavy (non-hydrogen) atoms. The summed E-state index contributed by atoms with van der Waals surface area (Å²) in [5.41, 5.74) is 5.14. The second-order valence-electron chi connectivity index (χ2n) is 24.9. The lowest BCUT2D eigenvalue weighted by Gasteiger charge is -2.25. The minimum atomic E-state index is -0.863. The molecule has 0 bridgehead atoms. The van der Waals surface area contributed by atoms with Gasteiger partial charge in [-0.1, -0.05) is 35.9 Å². The Kier molecular flexibility index (Phi) is 25.9. The van der Waals surface area contributed by atoms with E-state index in [1.807, 2.05) is 18.2 Å². The van der Waals surface area contributed by atoms with Gasteiger partial charge in [0.25, 0.3) is 0 Å². The predicted octanol–water partition coefficient (Wildman–Crippen LogP) is 13.7.